The number of hydrogen-bond acceptors (Lipinski definition) is 2. The zero-order chi connectivity index (χ0) is 10.4. The van der Waals surface area contributed by atoms with E-state index in [-0.39, 0.29) is 0 Å². The van der Waals surface area contributed by atoms with Crippen LogP contribution in [0.5, 0.6) is 5.75 Å². The molecule has 74 valence electrons. The summed E-state index contributed by atoms with van der Waals surface area (Å²) in [7, 11) is 1.65. The van der Waals surface area contributed by atoms with E-state index in [1.165, 1.54) is 0 Å². The molecule has 0 amide bonds. The molecule has 2 nitrogen and oxygen atoms in total. The van der Waals surface area contributed by atoms with E-state index in [2.05, 4.69) is 27.2 Å². The lowest BCUT2D eigenvalue weighted by molar-refractivity contribution is 0.415. The minimum absolute atomic E-state index is 0.712. The number of halogens is 1. The van der Waals surface area contributed by atoms with Gasteiger partial charge in [-0.25, -0.2) is 0 Å². The lowest BCUT2D eigenvalue weighted by Crippen LogP contribution is -2.01. The van der Waals surface area contributed by atoms with Gasteiger partial charge >= 0.3 is 0 Å². The van der Waals surface area contributed by atoms with Gasteiger partial charge in [0.15, 0.2) is 0 Å². The van der Waals surface area contributed by atoms with E-state index in [4.69, 9.17) is 11.2 Å². The minimum atomic E-state index is 0.712. The highest BCUT2D eigenvalue weighted by Gasteiger charge is 2.00. The number of benzene rings is 1. The van der Waals surface area contributed by atoms with Crippen LogP contribution in [-0.4, -0.2) is 13.7 Å². The van der Waals surface area contributed by atoms with Crippen LogP contribution in [0.1, 0.15) is 6.42 Å². The van der Waals surface area contributed by atoms with Crippen LogP contribution in [0.2, 0.25) is 0 Å². The molecule has 0 aliphatic heterocycles. The second-order valence-corrected chi connectivity index (χ2v) is 3.58. The van der Waals surface area contributed by atoms with E-state index in [0.29, 0.717) is 6.42 Å². The number of hydrogen-bond donors (Lipinski definition) is 1. The Morgan fingerprint density at radius 3 is 3.00 bits per heavy atom. The van der Waals surface area contributed by atoms with Gasteiger partial charge in [0.05, 0.1) is 12.8 Å². The normalized spacial score (nSPS) is 9.21. The van der Waals surface area contributed by atoms with E-state index in [1.807, 2.05) is 18.2 Å². The summed E-state index contributed by atoms with van der Waals surface area (Å²) in [6.45, 7) is 0.766. The summed E-state index contributed by atoms with van der Waals surface area (Å²) in [5, 5.41) is 3.22. The number of terminal acetylenes is 1. The van der Waals surface area contributed by atoms with Crippen LogP contribution in [-0.2, 0) is 0 Å². The number of rotatable bonds is 4. The Labute approximate surface area is 92.8 Å². The summed E-state index contributed by atoms with van der Waals surface area (Å²) < 4.78 is 6.12. The standard InChI is InChI=1S/C11H12BrNO/c1-3-4-7-13-11-8-9(14-2)5-6-10(11)12/h1,5-6,8,13H,4,7H2,2H3. The van der Waals surface area contributed by atoms with Gasteiger partial charge in [0, 0.05) is 23.5 Å². The number of nitrogens with one attached hydrogen (secondary N) is 1. The largest absolute Gasteiger partial charge is 0.497 e. The molecule has 0 aliphatic rings. The molecule has 0 aliphatic carbocycles. The lowest BCUT2D eigenvalue weighted by Gasteiger charge is -2.08. The molecule has 3 heteroatoms. The molecule has 1 aromatic carbocycles. The van der Waals surface area contributed by atoms with Crippen molar-refractivity contribution in [1.29, 1.82) is 0 Å². The third-order valence-electron chi connectivity index (χ3n) is 1.76. The quantitative estimate of drug-likeness (QED) is 0.659. The fourth-order valence-electron chi connectivity index (χ4n) is 1.04. The van der Waals surface area contributed by atoms with Gasteiger partial charge < -0.3 is 10.1 Å². The van der Waals surface area contributed by atoms with Crippen molar-refractivity contribution in [2.75, 3.05) is 19.0 Å². The van der Waals surface area contributed by atoms with Crippen molar-refractivity contribution < 1.29 is 4.74 Å². The Kier molecular flexibility index (Phi) is 4.34. The molecule has 1 rings (SSSR count). The maximum atomic E-state index is 5.16. The minimum Gasteiger partial charge on any atom is -0.497 e. The van der Waals surface area contributed by atoms with Gasteiger partial charge in [-0.05, 0) is 28.1 Å². The fourth-order valence-corrected chi connectivity index (χ4v) is 1.42. The van der Waals surface area contributed by atoms with Gasteiger partial charge in [0.1, 0.15) is 5.75 Å². The predicted molar refractivity (Wildman–Crippen MR) is 62.6 cm³/mol. The summed E-state index contributed by atoms with van der Waals surface area (Å²) in [5.41, 5.74) is 1.000. The summed E-state index contributed by atoms with van der Waals surface area (Å²) >= 11 is 3.44. The first-order valence-electron chi connectivity index (χ1n) is 4.29. The van der Waals surface area contributed by atoms with Gasteiger partial charge in [-0.3, -0.25) is 0 Å². The molecule has 1 aromatic rings. The third kappa shape index (κ3) is 2.97. The SMILES string of the molecule is C#CCCNc1cc(OC)ccc1Br. The van der Waals surface area contributed by atoms with Crippen LogP contribution >= 0.6 is 15.9 Å². The molecule has 0 bridgehead atoms. The highest BCUT2D eigenvalue weighted by molar-refractivity contribution is 9.10. The Morgan fingerprint density at radius 1 is 1.57 bits per heavy atom. The van der Waals surface area contributed by atoms with Crippen LogP contribution in [0.3, 0.4) is 0 Å². The smallest absolute Gasteiger partial charge is 0.121 e. The molecule has 0 heterocycles. The summed E-state index contributed by atoms with van der Waals surface area (Å²) in [6.07, 6.45) is 5.87. The third-order valence-corrected chi connectivity index (χ3v) is 2.45. The Bertz CT molecular complexity index is 344. The molecule has 0 aromatic heterocycles. The van der Waals surface area contributed by atoms with E-state index in [0.717, 1.165) is 22.5 Å². The van der Waals surface area contributed by atoms with Crippen LogP contribution in [0.25, 0.3) is 0 Å². The van der Waals surface area contributed by atoms with E-state index in [9.17, 15) is 0 Å². The van der Waals surface area contributed by atoms with Gasteiger partial charge in [0.25, 0.3) is 0 Å². The predicted octanol–water partition coefficient (Wildman–Crippen LogP) is 2.89. The molecule has 0 atom stereocenters. The average Bonchev–Trinajstić information content (AvgIpc) is 2.21. The van der Waals surface area contributed by atoms with Crippen molar-refractivity contribution in [1.82, 2.24) is 0 Å². The van der Waals surface area contributed by atoms with Crippen LogP contribution < -0.4 is 10.1 Å². The number of methoxy groups -OCH3 is 1. The van der Waals surface area contributed by atoms with Gasteiger partial charge in [-0.15, -0.1) is 12.3 Å². The van der Waals surface area contributed by atoms with Crippen molar-refractivity contribution in [3.8, 4) is 18.1 Å². The van der Waals surface area contributed by atoms with Crippen LogP contribution in [0, 0.1) is 12.3 Å². The van der Waals surface area contributed by atoms with E-state index in [1.54, 1.807) is 7.11 Å². The summed E-state index contributed by atoms with van der Waals surface area (Å²) in [5.74, 6) is 3.41. The van der Waals surface area contributed by atoms with Crippen molar-refractivity contribution in [2.45, 2.75) is 6.42 Å². The number of anilines is 1. The van der Waals surface area contributed by atoms with Crippen LogP contribution in [0.15, 0.2) is 22.7 Å². The fraction of sp³-hybridized carbons (Fsp3) is 0.273. The molecule has 0 spiro atoms. The van der Waals surface area contributed by atoms with Gasteiger partial charge in [0.2, 0.25) is 0 Å². The maximum Gasteiger partial charge on any atom is 0.121 e. The zero-order valence-corrected chi connectivity index (χ0v) is 9.60. The average molecular weight is 254 g/mol. The zero-order valence-electron chi connectivity index (χ0n) is 8.01. The molecule has 0 unspecified atom stereocenters. The first-order chi connectivity index (χ1) is 6.77. The van der Waals surface area contributed by atoms with E-state index < -0.39 is 0 Å². The lowest BCUT2D eigenvalue weighted by atomic mass is 10.3. The Hall–Kier alpha value is -1.14. The molecule has 0 fully saturated rings. The molecule has 0 saturated heterocycles. The monoisotopic (exact) mass is 253 g/mol. The van der Waals surface area contributed by atoms with Crippen molar-refractivity contribution in [3.05, 3.63) is 22.7 Å². The Morgan fingerprint density at radius 2 is 2.36 bits per heavy atom. The second-order valence-electron chi connectivity index (χ2n) is 2.73. The van der Waals surface area contributed by atoms with Crippen molar-refractivity contribution in [2.24, 2.45) is 0 Å². The van der Waals surface area contributed by atoms with Crippen molar-refractivity contribution in [3.63, 3.8) is 0 Å². The maximum absolute atomic E-state index is 5.16. The topological polar surface area (TPSA) is 21.3 Å². The van der Waals surface area contributed by atoms with Gasteiger partial charge in [-0.2, -0.15) is 0 Å². The number of ether oxygens (including phenoxy) is 1. The van der Waals surface area contributed by atoms with Crippen molar-refractivity contribution >= 4 is 21.6 Å². The Balaban J connectivity index is 2.69. The second kappa shape index (κ2) is 5.56. The summed E-state index contributed by atoms with van der Waals surface area (Å²) in [4.78, 5) is 0. The van der Waals surface area contributed by atoms with Crippen LogP contribution in [0.4, 0.5) is 5.69 Å². The first-order valence-corrected chi connectivity index (χ1v) is 5.08. The molecular weight excluding hydrogens is 242 g/mol. The molecule has 0 saturated carbocycles. The molecule has 14 heavy (non-hydrogen) atoms. The highest BCUT2D eigenvalue weighted by atomic mass is 79.9. The van der Waals surface area contributed by atoms with Gasteiger partial charge in [-0.1, -0.05) is 0 Å². The summed E-state index contributed by atoms with van der Waals surface area (Å²) in [6, 6.07) is 5.77. The van der Waals surface area contributed by atoms with E-state index >= 15 is 0 Å². The molecule has 1 N–H and O–H groups in total. The highest BCUT2D eigenvalue weighted by Crippen LogP contribution is 2.26. The molecule has 0 radical (unpaired) electrons. The first kappa shape index (κ1) is 10.9. The molecular formula is C11H12BrNO.